The van der Waals surface area contributed by atoms with E-state index in [1.807, 2.05) is 0 Å². The summed E-state index contributed by atoms with van der Waals surface area (Å²) in [5, 5.41) is 8.71. The minimum Gasteiger partial charge on any atom is -0.481 e. The molecule has 0 aromatic carbocycles. The second-order valence-corrected chi connectivity index (χ2v) is 12.7. The molecular weight excluding hydrogens is 484 g/mol. The lowest BCUT2D eigenvalue weighted by molar-refractivity contribution is -0.163. The lowest BCUT2D eigenvalue weighted by Crippen LogP contribution is -2.40. The fourth-order valence-corrected chi connectivity index (χ4v) is 6.05. The largest absolute Gasteiger partial charge is 0.481 e. The summed E-state index contributed by atoms with van der Waals surface area (Å²) in [6.07, 6.45) is 24.7. The van der Waals surface area contributed by atoms with Crippen molar-refractivity contribution in [3.05, 3.63) is 0 Å². The standard InChI is InChI=1S/C35H68O4/c1-7-11-24-31(9-3)28-35(30(5)6,34(38)39-29-32(10-4)25-12-8-2)27-23-21-19-17-15-13-14-16-18-20-22-26-33(36)37/h30-32H,7-29H2,1-6H3,(H,36,37). The summed E-state index contributed by atoms with van der Waals surface area (Å²) in [6.45, 7) is 14.1. The quantitative estimate of drug-likeness (QED) is 0.0774. The van der Waals surface area contributed by atoms with E-state index in [-0.39, 0.29) is 11.4 Å². The fraction of sp³-hybridized carbons (Fsp3) is 0.943. The number of carboxylic acid groups (broad SMARTS) is 1. The molecule has 0 amide bonds. The number of hydrogen-bond donors (Lipinski definition) is 1. The highest BCUT2D eigenvalue weighted by Gasteiger charge is 2.43. The Morgan fingerprint density at radius 3 is 1.56 bits per heavy atom. The van der Waals surface area contributed by atoms with Crippen LogP contribution in [0.1, 0.15) is 183 Å². The number of hydrogen-bond acceptors (Lipinski definition) is 3. The van der Waals surface area contributed by atoms with Crippen LogP contribution in [-0.4, -0.2) is 23.7 Å². The van der Waals surface area contributed by atoms with Crippen LogP contribution in [0.5, 0.6) is 0 Å². The van der Waals surface area contributed by atoms with Gasteiger partial charge >= 0.3 is 11.9 Å². The van der Waals surface area contributed by atoms with E-state index in [4.69, 9.17) is 9.84 Å². The van der Waals surface area contributed by atoms with Crippen molar-refractivity contribution in [2.24, 2.45) is 23.2 Å². The molecule has 0 fully saturated rings. The summed E-state index contributed by atoms with van der Waals surface area (Å²) in [6, 6.07) is 0. The predicted molar refractivity (Wildman–Crippen MR) is 167 cm³/mol. The molecule has 0 aliphatic carbocycles. The summed E-state index contributed by atoms with van der Waals surface area (Å²) in [5.41, 5.74) is -0.349. The molecule has 0 radical (unpaired) electrons. The van der Waals surface area contributed by atoms with Gasteiger partial charge in [-0.3, -0.25) is 9.59 Å². The topological polar surface area (TPSA) is 63.6 Å². The predicted octanol–water partition coefficient (Wildman–Crippen LogP) is 11.2. The summed E-state index contributed by atoms with van der Waals surface area (Å²) >= 11 is 0. The highest BCUT2D eigenvalue weighted by Crippen LogP contribution is 2.43. The monoisotopic (exact) mass is 553 g/mol. The van der Waals surface area contributed by atoms with Gasteiger partial charge in [-0.05, 0) is 43.4 Å². The summed E-state index contributed by atoms with van der Waals surface area (Å²) in [4.78, 5) is 24.4. The summed E-state index contributed by atoms with van der Waals surface area (Å²) in [5.74, 6) is 0.807. The van der Waals surface area contributed by atoms with Gasteiger partial charge in [0.15, 0.2) is 0 Å². The number of aliphatic carboxylic acids is 1. The Labute approximate surface area is 243 Å². The van der Waals surface area contributed by atoms with Crippen LogP contribution in [0, 0.1) is 23.2 Å². The molecule has 0 aromatic rings. The average Bonchev–Trinajstić information content (AvgIpc) is 2.92. The lowest BCUT2D eigenvalue weighted by atomic mass is 9.67. The van der Waals surface area contributed by atoms with E-state index in [2.05, 4.69) is 41.5 Å². The zero-order valence-corrected chi connectivity index (χ0v) is 27.2. The second kappa shape index (κ2) is 24.7. The zero-order chi connectivity index (χ0) is 29.4. The van der Waals surface area contributed by atoms with Gasteiger partial charge in [0.25, 0.3) is 0 Å². The third kappa shape index (κ3) is 18.1. The number of rotatable bonds is 28. The number of ether oxygens (including phenoxy) is 1. The van der Waals surface area contributed by atoms with Crippen molar-refractivity contribution < 1.29 is 19.4 Å². The Hall–Kier alpha value is -1.06. The van der Waals surface area contributed by atoms with Gasteiger partial charge in [-0.25, -0.2) is 0 Å². The molecule has 0 bridgehead atoms. The van der Waals surface area contributed by atoms with E-state index in [1.165, 1.54) is 77.0 Å². The second-order valence-electron chi connectivity index (χ2n) is 12.7. The molecule has 0 saturated carbocycles. The molecule has 4 heteroatoms. The van der Waals surface area contributed by atoms with E-state index >= 15 is 0 Å². The van der Waals surface area contributed by atoms with Gasteiger partial charge in [-0.1, -0.05) is 151 Å². The van der Waals surface area contributed by atoms with Crippen LogP contribution in [0.3, 0.4) is 0 Å². The van der Waals surface area contributed by atoms with Crippen LogP contribution >= 0.6 is 0 Å². The summed E-state index contributed by atoms with van der Waals surface area (Å²) in [7, 11) is 0. The third-order valence-corrected chi connectivity index (χ3v) is 9.21. The SMILES string of the molecule is CCCCC(CC)COC(=O)C(CCCCCCCCCCCCCC(=O)O)(CC(CC)CCCC)C(C)C. The van der Waals surface area contributed by atoms with E-state index < -0.39 is 5.97 Å². The maximum atomic E-state index is 13.8. The molecule has 0 aliphatic rings. The average molecular weight is 553 g/mol. The molecule has 4 nitrogen and oxygen atoms in total. The van der Waals surface area contributed by atoms with Crippen LogP contribution in [0.4, 0.5) is 0 Å². The molecular formula is C35H68O4. The molecule has 3 atom stereocenters. The number of esters is 1. The van der Waals surface area contributed by atoms with Crippen molar-refractivity contribution in [3.63, 3.8) is 0 Å². The molecule has 0 aliphatic heterocycles. The molecule has 39 heavy (non-hydrogen) atoms. The number of carbonyl (C=O) groups is 2. The van der Waals surface area contributed by atoms with Crippen molar-refractivity contribution in [3.8, 4) is 0 Å². The maximum Gasteiger partial charge on any atom is 0.312 e. The molecule has 3 unspecified atom stereocenters. The van der Waals surface area contributed by atoms with Crippen LogP contribution in [0.2, 0.25) is 0 Å². The minimum atomic E-state index is -0.674. The normalized spacial score (nSPS) is 14.7. The first-order valence-electron chi connectivity index (χ1n) is 17.2. The van der Waals surface area contributed by atoms with Crippen molar-refractivity contribution in [2.75, 3.05) is 6.61 Å². The molecule has 0 aromatic heterocycles. The molecule has 0 rings (SSSR count). The first-order valence-corrected chi connectivity index (χ1v) is 17.2. The summed E-state index contributed by atoms with van der Waals surface area (Å²) < 4.78 is 6.17. The number of unbranched alkanes of at least 4 members (excludes halogenated alkanes) is 12. The van der Waals surface area contributed by atoms with Crippen LogP contribution < -0.4 is 0 Å². The van der Waals surface area contributed by atoms with Gasteiger partial charge in [-0.15, -0.1) is 0 Å². The molecule has 0 spiro atoms. The fourth-order valence-electron chi connectivity index (χ4n) is 6.05. The lowest BCUT2D eigenvalue weighted by Gasteiger charge is -2.38. The van der Waals surface area contributed by atoms with Gasteiger partial charge in [0, 0.05) is 6.42 Å². The molecule has 1 N–H and O–H groups in total. The van der Waals surface area contributed by atoms with Gasteiger partial charge in [-0.2, -0.15) is 0 Å². The van der Waals surface area contributed by atoms with Crippen molar-refractivity contribution in [1.82, 2.24) is 0 Å². The Morgan fingerprint density at radius 2 is 1.13 bits per heavy atom. The van der Waals surface area contributed by atoms with Gasteiger partial charge in [0.1, 0.15) is 0 Å². The number of carboxylic acids is 1. The number of carbonyl (C=O) groups excluding carboxylic acids is 1. The Bertz CT molecular complexity index is 587. The molecule has 0 heterocycles. The molecule has 0 saturated heterocycles. The van der Waals surface area contributed by atoms with Crippen molar-refractivity contribution in [2.45, 2.75) is 183 Å². The van der Waals surface area contributed by atoms with Crippen LogP contribution in [-0.2, 0) is 14.3 Å². The Kier molecular flexibility index (Phi) is 24.0. The Morgan fingerprint density at radius 1 is 0.667 bits per heavy atom. The maximum absolute atomic E-state index is 13.8. The third-order valence-electron chi connectivity index (χ3n) is 9.21. The van der Waals surface area contributed by atoms with E-state index in [0.717, 1.165) is 57.8 Å². The van der Waals surface area contributed by atoms with Gasteiger partial charge < -0.3 is 9.84 Å². The van der Waals surface area contributed by atoms with E-state index in [0.29, 0.717) is 30.8 Å². The van der Waals surface area contributed by atoms with E-state index in [1.54, 1.807) is 0 Å². The minimum absolute atomic E-state index is 0.0887. The van der Waals surface area contributed by atoms with E-state index in [9.17, 15) is 9.59 Å². The Balaban J connectivity index is 4.79. The van der Waals surface area contributed by atoms with Crippen molar-refractivity contribution in [1.29, 1.82) is 0 Å². The van der Waals surface area contributed by atoms with Crippen LogP contribution in [0.25, 0.3) is 0 Å². The first kappa shape index (κ1) is 37.9. The van der Waals surface area contributed by atoms with Gasteiger partial charge in [0.2, 0.25) is 0 Å². The van der Waals surface area contributed by atoms with Crippen molar-refractivity contribution >= 4 is 11.9 Å². The zero-order valence-electron chi connectivity index (χ0n) is 27.2. The van der Waals surface area contributed by atoms with Crippen LogP contribution in [0.15, 0.2) is 0 Å². The highest BCUT2D eigenvalue weighted by atomic mass is 16.5. The molecule has 232 valence electrons. The smallest absolute Gasteiger partial charge is 0.312 e. The highest BCUT2D eigenvalue weighted by molar-refractivity contribution is 5.77. The first-order chi connectivity index (χ1) is 18.8. The van der Waals surface area contributed by atoms with Gasteiger partial charge in [0.05, 0.1) is 12.0 Å².